The number of nitrogens with zero attached hydrogens (tertiary/aromatic N) is 3. The van der Waals surface area contributed by atoms with Crippen molar-refractivity contribution < 1.29 is 13.9 Å². The number of ether oxygens (including phenoxy) is 1. The maximum atomic E-state index is 13.4. The summed E-state index contributed by atoms with van der Waals surface area (Å²) in [5.74, 6) is -0.580. The third-order valence-electron chi connectivity index (χ3n) is 5.19. The van der Waals surface area contributed by atoms with Crippen LogP contribution >= 0.6 is 23.1 Å². The van der Waals surface area contributed by atoms with Crippen LogP contribution in [0.5, 0.6) is 0 Å². The molecule has 3 aromatic heterocycles. The van der Waals surface area contributed by atoms with Crippen LogP contribution in [0.3, 0.4) is 0 Å². The molecule has 1 amide bonds. The third-order valence-corrected chi connectivity index (χ3v) is 7.26. The summed E-state index contributed by atoms with van der Waals surface area (Å²) in [4.78, 5) is 35.7. The van der Waals surface area contributed by atoms with Gasteiger partial charge in [0.2, 0.25) is 5.91 Å². The number of carbonyl (C=O) groups excluding carboxylic acids is 1. The number of nitrogens with one attached hydrogen (secondary N) is 1. The number of hydrogen-bond donors (Lipinski definition) is 1. The number of aromatic nitrogens is 3. The first-order valence-corrected chi connectivity index (χ1v) is 12.0. The fourth-order valence-corrected chi connectivity index (χ4v) is 5.50. The number of thiophene rings is 1. The summed E-state index contributed by atoms with van der Waals surface area (Å²) < 4.78 is 21.0. The zero-order chi connectivity index (χ0) is 22.1. The monoisotopic (exact) mass is 470 g/mol. The van der Waals surface area contributed by atoms with Gasteiger partial charge in [-0.25, -0.2) is 14.4 Å². The molecule has 1 N–H and O–H groups in total. The first-order chi connectivity index (χ1) is 15.6. The highest BCUT2D eigenvalue weighted by Gasteiger charge is 2.22. The number of fused-ring (bicyclic) bond motifs is 3. The number of amides is 1. The third kappa shape index (κ3) is 4.25. The Morgan fingerprint density at radius 3 is 2.94 bits per heavy atom. The van der Waals surface area contributed by atoms with Crippen molar-refractivity contribution in [3.63, 3.8) is 0 Å². The zero-order valence-electron chi connectivity index (χ0n) is 16.9. The van der Waals surface area contributed by atoms with E-state index in [1.165, 1.54) is 47.4 Å². The molecule has 1 saturated heterocycles. The van der Waals surface area contributed by atoms with Gasteiger partial charge >= 0.3 is 0 Å². The minimum absolute atomic E-state index is 0.0492. The molecule has 10 heteroatoms. The molecule has 1 aliphatic rings. The van der Waals surface area contributed by atoms with Gasteiger partial charge in [0, 0.05) is 23.9 Å². The van der Waals surface area contributed by atoms with E-state index < -0.39 is 0 Å². The Labute approximate surface area is 190 Å². The summed E-state index contributed by atoms with van der Waals surface area (Å²) >= 11 is 2.53. The van der Waals surface area contributed by atoms with E-state index in [4.69, 9.17) is 9.72 Å². The molecule has 32 heavy (non-hydrogen) atoms. The second-order valence-corrected chi connectivity index (χ2v) is 9.37. The van der Waals surface area contributed by atoms with E-state index in [1.807, 2.05) is 12.1 Å². The molecule has 0 bridgehead atoms. The molecule has 7 nitrogen and oxygen atoms in total. The molecule has 0 spiro atoms. The fourth-order valence-electron chi connectivity index (χ4n) is 3.66. The average molecular weight is 471 g/mol. The van der Waals surface area contributed by atoms with Crippen LogP contribution in [0.2, 0.25) is 0 Å². The standard InChI is InChI=1S/C22H19FN4O3S2/c23-13-5-7-14(8-6-13)25-17(28)12-31-22-26-18-16-4-1-9-24-20(16)32-19(18)21(29)27(22)11-15-3-2-10-30-15/h1,4-9,15H,2-3,10-12H2,(H,25,28)/t15-/m0/s1. The van der Waals surface area contributed by atoms with Crippen molar-refractivity contribution in [2.24, 2.45) is 0 Å². The molecule has 0 saturated carbocycles. The van der Waals surface area contributed by atoms with Gasteiger partial charge in [0.25, 0.3) is 5.56 Å². The summed E-state index contributed by atoms with van der Waals surface area (Å²) in [5, 5.41) is 4.03. The Kier molecular flexibility index (Phi) is 5.90. The lowest BCUT2D eigenvalue weighted by Crippen LogP contribution is -2.28. The largest absolute Gasteiger partial charge is 0.376 e. The van der Waals surface area contributed by atoms with Crippen LogP contribution in [0, 0.1) is 5.82 Å². The first kappa shape index (κ1) is 21.0. The van der Waals surface area contributed by atoms with Gasteiger partial charge in [-0.2, -0.15) is 0 Å². The highest BCUT2D eigenvalue weighted by Crippen LogP contribution is 2.31. The van der Waals surface area contributed by atoms with Gasteiger partial charge in [-0.1, -0.05) is 11.8 Å². The maximum absolute atomic E-state index is 13.4. The molecular formula is C22H19FN4O3S2. The topological polar surface area (TPSA) is 86.1 Å². The van der Waals surface area contributed by atoms with Crippen molar-refractivity contribution >= 4 is 55.1 Å². The maximum Gasteiger partial charge on any atom is 0.272 e. The predicted octanol–water partition coefficient (Wildman–Crippen LogP) is 4.06. The Morgan fingerprint density at radius 2 is 2.16 bits per heavy atom. The van der Waals surface area contributed by atoms with Crippen LogP contribution in [0.4, 0.5) is 10.1 Å². The number of carbonyl (C=O) groups is 1. The van der Waals surface area contributed by atoms with E-state index in [-0.39, 0.29) is 29.1 Å². The summed E-state index contributed by atoms with van der Waals surface area (Å²) in [5.41, 5.74) is 0.968. The smallest absolute Gasteiger partial charge is 0.272 e. The van der Waals surface area contributed by atoms with Crippen molar-refractivity contribution in [3.8, 4) is 0 Å². The summed E-state index contributed by atoms with van der Waals surface area (Å²) in [7, 11) is 0. The second kappa shape index (κ2) is 8.97. The van der Waals surface area contributed by atoms with E-state index in [0.717, 1.165) is 23.1 Å². The molecule has 1 atom stereocenters. The minimum atomic E-state index is -0.370. The first-order valence-electron chi connectivity index (χ1n) is 10.2. The number of anilines is 1. The number of rotatable bonds is 6. The molecule has 0 aliphatic carbocycles. The van der Waals surface area contributed by atoms with E-state index in [1.54, 1.807) is 10.8 Å². The van der Waals surface area contributed by atoms with Crippen LogP contribution in [-0.4, -0.2) is 38.9 Å². The average Bonchev–Trinajstić information content (AvgIpc) is 3.44. The predicted molar refractivity (Wildman–Crippen MR) is 124 cm³/mol. The number of hydrogen-bond acceptors (Lipinski definition) is 7. The van der Waals surface area contributed by atoms with Crippen LogP contribution in [0.15, 0.2) is 52.5 Å². The van der Waals surface area contributed by atoms with Gasteiger partial charge in [-0.3, -0.25) is 14.2 Å². The molecule has 0 radical (unpaired) electrons. The number of pyridine rings is 1. The van der Waals surface area contributed by atoms with E-state index in [9.17, 15) is 14.0 Å². The van der Waals surface area contributed by atoms with Gasteiger partial charge in [-0.05, 0) is 49.2 Å². The van der Waals surface area contributed by atoms with Crippen LogP contribution in [-0.2, 0) is 16.1 Å². The number of benzene rings is 1. The minimum Gasteiger partial charge on any atom is -0.376 e. The molecule has 5 rings (SSSR count). The second-order valence-electron chi connectivity index (χ2n) is 7.42. The molecule has 1 aliphatic heterocycles. The van der Waals surface area contributed by atoms with E-state index in [2.05, 4.69) is 10.3 Å². The molecule has 164 valence electrons. The molecule has 4 heterocycles. The number of halogens is 1. The van der Waals surface area contributed by atoms with Crippen molar-refractivity contribution in [2.75, 3.05) is 17.7 Å². The van der Waals surface area contributed by atoms with Crippen LogP contribution in [0.25, 0.3) is 20.4 Å². The van der Waals surface area contributed by atoms with Gasteiger partial charge in [0.15, 0.2) is 5.16 Å². The van der Waals surface area contributed by atoms with Gasteiger partial charge < -0.3 is 10.1 Å². The lowest BCUT2D eigenvalue weighted by atomic mass is 10.2. The van der Waals surface area contributed by atoms with Crippen molar-refractivity contribution in [1.82, 2.24) is 14.5 Å². The van der Waals surface area contributed by atoms with Crippen molar-refractivity contribution in [3.05, 3.63) is 58.8 Å². The Morgan fingerprint density at radius 1 is 1.31 bits per heavy atom. The Balaban J connectivity index is 1.46. The molecule has 4 aromatic rings. The lowest BCUT2D eigenvalue weighted by Gasteiger charge is -2.15. The summed E-state index contributed by atoms with van der Waals surface area (Å²) in [6.45, 7) is 1.08. The number of thioether (sulfide) groups is 1. The SMILES string of the molecule is O=C(CSc1nc2c(sc3ncccc32)c(=O)n1C[C@@H]1CCCO1)Nc1ccc(F)cc1. The van der Waals surface area contributed by atoms with Gasteiger partial charge in [0.05, 0.1) is 23.9 Å². The Bertz CT molecular complexity index is 1350. The van der Waals surface area contributed by atoms with Gasteiger partial charge in [0.1, 0.15) is 15.3 Å². The Hall–Kier alpha value is -2.82. The van der Waals surface area contributed by atoms with Crippen molar-refractivity contribution in [1.29, 1.82) is 0 Å². The molecule has 1 aromatic carbocycles. The highest BCUT2D eigenvalue weighted by molar-refractivity contribution is 7.99. The molecule has 1 fully saturated rings. The normalized spacial score (nSPS) is 16.1. The van der Waals surface area contributed by atoms with E-state index >= 15 is 0 Å². The quantitative estimate of drug-likeness (QED) is 0.338. The van der Waals surface area contributed by atoms with Crippen molar-refractivity contribution in [2.45, 2.75) is 30.6 Å². The lowest BCUT2D eigenvalue weighted by molar-refractivity contribution is -0.113. The summed E-state index contributed by atoms with van der Waals surface area (Å²) in [6, 6.07) is 9.28. The van der Waals surface area contributed by atoms with E-state index in [0.29, 0.717) is 34.2 Å². The van der Waals surface area contributed by atoms with Crippen LogP contribution < -0.4 is 10.9 Å². The van der Waals surface area contributed by atoms with Crippen LogP contribution in [0.1, 0.15) is 12.8 Å². The fraction of sp³-hybridized carbons (Fsp3) is 0.273. The highest BCUT2D eigenvalue weighted by atomic mass is 32.2. The summed E-state index contributed by atoms with van der Waals surface area (Å²) in [6.07, 6.45) is 3.49. The van der Waals surface area contributed by atoms with Gasteiger partial charge in [-0.15, -0.1) is 11.3 Å². The zero-order valence-corrected chi connectivity index (χ0v) is 18.5. The molecular weight excluding hydrogens is 451 g/mol. The molecule has 0 unspecified atom stereocenters.